The summed E-state index contributed by atoms with van der Waals surface area (Å²) in [5.41, 5.74) is -0.766. The molecule has 1 aromatic carbocycles. The molecule has 1 rings (SSSR count). The number of ether oxygens (including phenoxy) is 1. The molecule has 2 N–H and O–H groups in total. The fourth-order valence-electron chi connectivity index (χ4n) is 2.00. The van der Waals surface area contributed by atoms with E-state index in [-0.39, 0.29) is 23.5 Å². The predicted molar refractivity (Wildman–Crippen MR) is 92.0 cm³/mol. The number of hydrogen-bond donors (Lipinski definition) is 2. The number of methoxy groups -OCH3 is 1. The molecule has 0 aliphatic heterocycles. The molecule has 5 nitrogen and oxygen atoms in total. The molecule has 1 amide bonds. The highest BCUT2D eigenvalue weighted by molar-refractivity contribution is 8.00. The minimum absolute atomic E-state index is 0.0146. The molecule has 2 unspecified atom stereocenters. The van der Waals surface area contributed by atoms with Gasteiger partial charge in [0.25, 0.3) is 0 Å². The third-order valence-corrected chi connectivity index (χ3v) is 5.05. The monoisotopic (exact) mass is 339 g/mol. The number of carboxylic acids is 1. The van der Waals surface area contributed by atoms with Gasteiger partial charge >= 0.3 is 5.97 Å². The molecule has 0 fully saturated rings. The number of carbonyl (C=O) groups excluding carboxylic acids is 1. The Hall–Kier alpha value is -1.69. The van der Waals surface area contributed by atoms with E-state index in [1.807, 2.05) is 45.0 Å². The van der Waals surface area contributed by atoms with E-state index < -0.39 is 11.5 Å². The largest absolute Gasteiger partial charge is 0.497 e. The maximum atomic E-state index is 12.4. The highest BCUT2D eigenvalue weighted by atomic mass is 32.2. The van der Waals surface area contributed by atoms with Gasteiger partial charge in [-0.15, -0.1) is 11.8 Å². The Morgan fingerprint density at radius 2 is 1.83 bits per heavy atom. The van der Waals surface area contributed by atoms with Crippen molar-refractivity contribution >= 4 is 23.6 Å². The van der Waals surface area contributed by atoms with Crippen molar-refractivity contribution in [2.24, 2.45) is 5.92 Å². The first kappa shape index (κ1) is 19.4. The molecular formula is C17H25NO4S. The highest BCUT2D eigenvalue weighted by Gasteiger charge is 2.34. The number of amides is 1. The van der Waals surface area contributed by atoms with Crippen LogP contribution in [0.1, 0.15) is 34.1 Å². The van der Waals surface area contributed by atoms with Crippen LogP contribution in [0, 0.1) is 5.92 Å². The second-order valence-corrected chi connectivity index (χ2v) is 7.48. The van der Waals surface area contributed by atoms with Crippen molar-refractivity contribution in [1.82, 2.24) is 5.32 Å². The Bertz CT molecular complexity index is 544. The summed E-state index contributed by atoms with van der Waals surface area (Å²) in [6, 6.07) is 7.48. The van der Waals surface area contributed by atoms with Crippen LogP contribution in [0.15, 0.2) is 29.2 Å². The van der Waals surface area contributed by atoms with Crippen LogP contribution in [0.25, 0.3) is 0 Å². The second-order valence-electron chi connectivity index (χ2n) is 6.07. The molecule has 0 heterocycles. The molecule has 0 saturated carbocycles. The molecule has 0 bridgehead atoms. The molecule has 0 aliphatic carbocycles. The Morgan fingerprint density at radius 3 is 2.26 bits per heavy atom. The minimum atomic E-state index is -0.919. The SMILES string of the molecule is COc1ccc(SC(C)C(=O)NC(C)(CC(=O)O)C(C)C)cc1. The van der Waals surface area contributed by atoms with E-state index in [1.54, 1.807) is 14.0 Å². The molecular weight excluding hydrogens is 314 g/mol. The standard InChI is InChI=1S/C17H25NO4S/c1-11(2)17(4,10-15(19)20)18-16(21)12(3)23-14-8-6-13(22-5)7-9-14/h6-9,11-12H,10H2,1-5H3,(H,18,21)(H,19,20). The lowest BCUT2D eigenvalue weighted by Gasteiger charge is -2.34. The smallest absolute Gasteiger partial charge is 0.305 e. The molecule has 0 radical (unpaired) electrons. The molecule has 0 spiro atoms. The van der Waals surface area contributed by atoms with Gasteiger partial charge in [0, 0.05) is 10.4 Å². The van der Waals surface area contributed by atoms with Crippen LogP contribution in [0.5, 0.6) is 5.75 Å². The average molecular weight is 339 g/mol. The number of aliphatic carboxylic acids is 1. The van der Waals surface area contributed by atoms with Gasteiger partial charge in [0.05, 0.1) is 18.8 Å². The van der Waals surface area contributed by atoms with Crippen molar-refractivity contribution in [3.05, 3.63) is 24.3 Å². The number of carboxylic acid groups (broad SMARTS) is 1. The number of thioether (sulfide) groups is 1. The van der Waals surface area contributed by atoms with Gasteiger partial charge in [-0.1, -0.05) is 13.8 Å². The maximum absolute atomic E-state index is 12.4. The Balaban J connectivity index is 2.72. The first-order valence-electron chi connectivity index (χ1n) is 7.52. The molecule has 0 aromatic heterocycles. The van der Waals surface area contributed by atoms with Gasteiger partial charge in [-0.05, 0) is 44.0 Å². The summed E-state index contributed by atoms with van der Waals surface area (Å²) in [5.74, 6) is -0.304. The third-order valence-electron chi connectivity index (χ3n) is 3.94. The predicted octanol–water partition coefficient (Wildman–Crippen LogP) is 3.18. The van der Waals surface area contributed by atoms with Gasteiger partial charge in [0.2, 0.25) is 5.91 Å². The fraction of sp³-hybridized carbons (Fsp3) is 0.529. The highest BCUT2D eigenvalue weighted by Crippen LogP contribution is 2.27. The zero-order valence-electron chi connectivity index (χ0n) is 14.3. The third kappa shape index (κ3) is 5.78. The van der Waals surface area contributed by atoms with E-state index in [0.717, 1.165) is 10.6 Å². The summed E-state index contributed by atoms with van der Waals surface area (Å²) < 4.78 is 5.11. The molecule has 0 aliphatic rings. The number of rotatable bonds is 8. The van der Waals surface area contributed by atoms with Crippen molar-refractivity contribution in [3.63, 3.8) is 0 Å². The first-order chi connectivity index (χ1) is 10.7. The van der Waals surface area contributed by atoms with Crippen LogP contribution in [-0.2, 0) is 9.59 Å². The van der Waals surface area contributed by atoms with Gasteiger partial charge < -0.3 is 15.2 Å². The summed E-state index contributed by atoms with van der Waals surface area (Å²) >= 11 is 1.43. The molecule has 6 heteroatoms. The summed E-state index contributed by atoms with van der Waals surface area (Å²) in [6.45, 7) is 7.40. The lowest BCUT2D eigenvalue weighted by atomic mass is 9.85. The first-order valence-corrected chi connectivity index (χ1v) is 8.40. The van der Waals surface area contributed by atoms with Crippen LogP contribution < -0.4 is 10.1 Å². The van der Waals surface area contributed by atoms with E-state index >= 15 is 0 Å². The maximum Gasteiger partial charge on any atom is 0.305 e. The minimum Gasteiger partial charge on any atom is -0.497 e. The number of carbonyl (C=O) groups is 2. The topological polar surface area (TPSA) is 75.6 Å². The van der Waals surface area contributed by atoms with Gasteiger partial charge in [-0.3, -0.25) is 9.59 Å². The summed E-state index contributed by atoms with van der Waals surface area (Å²) in [6.07, 6.45) is -0.101. The quantitative estimate of drug-likeness (QED) is 0.712. The van der Waals surface area contributed by atoms with E-state index in [4.69, 9.17) is 9.84 Å². The second kappa shape index (κ2) is 8.24. The van der Waals surface area contributed by atoms with Crippen LogP contribution in [0.4, 0.5) is 0 Å². The Labute approximate surface area is 141 Å². The van der Waals surface area contributed by atoms with E-state index in [9.17, 15) is 9.59 Å². The average Bonchev–Trinajstić information content (AvgIpc) is 2.46. The normalized spacial score (nSPS) is 14.9. The Morgan fingerprint density at radius 1 is 1.26 bits per heavy atom. The summed E-state index contributed by atoms with van der Waals surface area (Å²) in [7, 11) is 1.60. The number of hydrogen-bond acceptors (Lipinski definition) is 4. The van der Waals surface area contributed by atoms with Crippen molar-refractivity contribution in [2.75, 3.05) is 7.11 Å². The summed E-state index contributed by atoms with van der Waals surface area (Å²) in [5, 5.41) is 11.6. The van der Waals surface area contributed by atoms with Gasteiger partial charge in [0.1, 0.15) is 5.75 Å². The van der Waals surface area contributed by atoms with Crippen LogP contribution in [0.2, 0.25) is 0 Å². The number of benzene rings is 1. The fourth-order valence-corrected chi connectivity index (χ4v) is 2.87. The van der Waals surface area contributed by atoms with Crippen molar-refractivity contribution in [1.29, 1.82) is 0 Å². The van der Waals surface area contributed by atoms with E-state index in [0.29, 0.717) is 0 Å². The van der Waals surface area contributed by atoms with E-state index in [2.05, 4.69) is 5.32 Å². The molecule has 0 saturated heterocycles. The van der Waals surface area contributed by atoms with Crippen LogP contribution >= 0.6 is 11.8 Å². The van der Waals surface area contributed by atoms with Gasteiger partial charge in [-0.25, -0.2) is 0 Å². The molecule has 23 heavy (non-hydrogen) atoms. The zero-order chi connectivity index (χ0) is 17.6. The lowest BCUT2D eigenvalue weighted by Crippen LogP contribution is -2.53. The van der Waals surface area contributed by atoms with Crippen molar-refractivity contribution < 1.29 is 19.4 Å². The van der Waals surface area contributed by atoms with Crippen molar-refractivity contribution in [2.45, 2.75) is 49.8 Å². The van der Waals surface area contributed by atoms with Gasteiger partial charge in [0.15, 0.2) is 0 Å². The molecule has 128 valence electrons. The van der Waals surface area contributed by atoms with Gasteiger partial charge in [-0.2, -0.15) is 0 Å². The molecule has 2 atom stereocenters. The van der Waals surface area contributed by atoms with Crippen molar-refractivity contribution in [3.8, 4) is 5.75 Å². The molecule has 1 aromatic rings. The van der Waals surface area contributed by atoms with E-state index in [1.165, 1.54) is 11.8 Å². The lowest BCUT2D eigenvalue weighted by molar-refractivity contribution is -0.139. The summed E-state index contributed by atoms with van der Waals surface area (Å²) in [4.78, 5) is 24.4. The Kier molecular flexibility index (Phi) is 6.94. The number of nitrogens with one attached hydrogen (secondary N) is 1. The van der Waals surface area contributed by atoms with Crippen LogP contribution in [-0.4, -0.2) is 34.9 Å². The zero-order valence-corrected chi connectivity index (χ0v) is 15.1. The van der Waals surface area contributed by atoms with Crippen LogP contribution in [0.3, 0.4) is 0 Å².